The van der Waals surface area contributed by atoms with Gasteiger partial charge in [0.2, 0.25) is 20.1 Å². The lowest BCUT2D eigenvalue weighted by Crippen LogP contribution is -2.39. The smallest absolute Gasteiger partial charge is 0.214 e. The number of benzene rings is 1. The highest BCUT2D eigenvalue weighted by molar-refractivity contribution is 7.88. The molecule has 1 N–H and O–H groups in total. The van der Waals surface area contributed by atoms with Gasteiger partial charge in [0.25, 0.3) is 0 Å². The molecule has 1 saturated heterocycles. The van der Waals surface area contributed by atoms with Crippen LogP contribution in [0.25, 0.3) is 16.2 Å². The third-order valence-corrected chi connectivity index (χ3v) is 7.20. The van der Waals surface area contributed by atoms with E-state index in [2.05, 4.69) is 15.4 Å². The summed E-state index contributed by atoms with van der Waals surface area (Å²) in [4.78, 5) is 5.46. The summed E-state index contributed by atoms with van der Waals surface area (Å²) in [5.41, 5.74) is 1.87. The monoisotopic (exact) mass is 425 g/mol. The Bertz CT molecular complexity index is 1010. The fourth-order valence-corrected chi connectivity index (χ4v) is 5.00. The number of imidazole rings is 1. The summed E-state index contributed by atoms with van der Waals surface area (Å²) in [5.74, 6) is 0.448. The standard InChI is InChI=1S/C17H20ClN5O2S2/c1-27(24,25)22-8-6-12(7-9-22)10-19-16-21-23-11-15(20-17(23)26-16)13-2-4-14(18)5-3-13/h2-5,11-12H,6-10H2,1H3,(H,19,21). The summed E-state index contributed by atoms with van der Waals surface area (Å²) in [6.07, 6.45) is 4.91. The van der Waals surface area contributed by atoms with Crippen LogP contribution in [-0.4, -0.2) is 53.2 Å². The van der Waals surface area contributed by atoms with Crippen LogP contribution in [0.2, 0.25) is 5.02 Å². The van der Waals surface area contributed by atoms with Gasteiger partial charge in [-0.15, -0.1) is 5.10 Å². The van der Waals surface area contributed by atoms with Gasteiger partial charge in [0.15, 0.2) is 0 Å². The Morgan fingerprint density at radius 1 is 1.26 bits per heavy atom. The topological polar surface area (TPSA) is 79.6 Å². The van der Waals surface area contributed by atoms with Crippen molar-refractivity contribution >= 4 is 43.1 Å². The molecular weight excluding hydrogens is 406 g/mol. The van der Waals surface area contributed by atoms with Crippen LogP contribution in [0.3, 0.4) is 0 Å². The van der Waals surface area contributed by atoms with Crippen LogP contribution >= 0.6 is 22.9 Å². The predicted octanol–water partition coefficient (Wildman–Crippen LogP) is 3.19. The third-order valence-electron chi connectivity index (χ3n) is 4.77. The number of nitrogens with zero attached hydrogens (tertiary/aromatic N) is 4. The average molecular weight is 426 g/mol. The molecule has 0 spiro atoms. The molecule has 0 unspecified atom stereocenters. The molecule has 1 aromatic carbocycles. The van der Waals surface area contributed by atoms with Gasteiger partial charge in [0, 0.05) is 30.2 Å². The first kappa shape index (κ1) is 18.7. The first-order chi connectivity index (χ1) is 12.9. The predicted molar refractivity (Wildman–Crippen MR) is 109 cm³/mol. The van der Waals surface area contributed by atoms with Crippen molar-refractivity contribution in [2.75, 3.05) is 31.2 Å². The molecule has 0 aliphatic carbocycles. The summed E-state index contributed by atoms with van der Waals surface area (Å²) in [6.45, 7) is 1.98. The molecule has 144 valence electrons. The van der Waals surface area contributed by atoms with Gasteiger partial charge in [-0.1, -0.05) is 35.1 Å². The SMILES string of the molecule is CS(=O)(=O)N1CCC(CNc2nn3cc(-c4ccc(Cl)cc4)nc3s2)CC1. The minimum absolute atomic E-state index is 0.448. The minimum atomic E-state index is -3.07. The van der Waals surface area contributed by atoms with E-state index < -0.39 is 10.0 Å². The first-order valence-electron chi connectivity index (χ1n) is 8.69. The van der Waals surface area contributed by atoms with Crippen LogP contribution in [0.15, 0.2) is 30.5 Å². The highest BCUT2D eigenvalue weighted by Crippen LogP contribution is 2.26. The highest BCUT2D eigenvalue weighted by atomic mass is 35.5. The Labute approximate surface area is 167 Å². The van der Waals surface area contributed by atoms with Crippen molar-refractivity contribution in [3.05, 3.63) is 35.5 Å². The van der Waals surface area contributed by atoms with Gasteiger partial charge in [-0.2, -0.15) is 0 Å². The molecule has 0 saturated carbocycles. The van der Waals surface area contributed by atoms with E-state index in [1.165, 1.54) is 17.6 Å². The molecule has 10 heteroatoms. The molecule has 3 aromatic rings. The Hall–Kier alpha value is -1.68. The van der Waals surface area contributed by atoms with Crippen LogP contribution in [-0.2, 0) is 10.0 Å². The average Bonchev–Trinajstić information content (AvgIpc) is 3.19. The van der Waals surface area contributed by atoms with Crippen LogP contribution in [0.5, 0.6) is 0 Å². The second kappa shape index (κ2) is 7.38. The molecule has 1 aliphatic rings. The van der Waals surface area contributed by atoms with Crippen molar-refractivity contribution in [1.29, 1.82) is 0 Å². The van der Waals surface area contributed by atoms with Crippen LogP contribution in [0.4, 0.5) is 5.13 Å². The zero-order chi connectivity index (χ0) is 19.0. The zero-order valence-electron chi connectivity index (χ0n) is 14.8. The van der Waals surface area contributed by atoms with Gasteiger partial charge in [-0.3, -0.25) is 0 Å². The molecule has 0 atom stereocenters. The number of hydrogen-bond acceptors (Lipinski definition) is 6. The van der Waals surface area contributed by atoms with Gasteiger partial charge in [0.1, 0.15) is 0 Å². The molecule has 4 rings (SSSR count). The van der Waals surface area contributed by atoms with Crippen molar-refractivity contribution in [2.45, 2.75) is 12.8 Å². The fourth-order valence-electron chi connectivity index (χ4n) is 3.21. The van der Waals surface area contributed by atoms with E-state index in [0.29, 0.717) is 24.0 Å². The quantitative estimate of drug-likeness (QED) is 0.679. The van der Waals surface area contributed by atoms with Gasteiger partial charge >= 0.3 is 0 Å². The van der Waals surface area contributed by atoms with E-state index in [1.807, 2.05) is 30.5 Å². The summed E-state index contributed by atoms with van der Waals surface area (Å²) in [6, 6.07) is 7.58. The maximum atomic E-state index is 11.6. The second-order valence-electron chi connectivity index (χ2n) is 6.75. The van der Waals surface area contributed by atoms with E-state index in [9.17, 15) is 8.42 Å². The molecule has 1 aliphatic heterocycles. The lowest BCUT2D eigenvalue weighted by molar-refractivity contribution is 0.283. The second-order valence-corrected chi connectivity index (χ2v) is 10.1. The van der Waals surface area contributed by atoms with Crippen molar-refractivity contribution in [3.63, 3.8) is 0 Å². The number of piperidine rings is 1. The number of anilines is 1. The molecule has 1 fully saturated rings. The minimum Gasteiger partial charge on any atom is -0.360 e. The van der Waals surface area contributed by atoms with Gasteiger partial charge in [0.05, 0.1) is 18.1 Å². The van der Waals surface area contributed by atoms with E-state index in [-0.39, 0.29) is 0 Å². The number of hydrogen-bond donors (Lipinski definition) is 1. The molecule has 3 heterocycles. The summed E-state index contributed by atoms with van der Waals surface area (Å²) < 4.78 is 26.5. The van der Waals surface area contributed by atoms with Crippen molar-refractivity contribution in [1.82, 2.24) is 18.9 Å². The van der Waals surface area contributed by atoms with Crippen molar-refractivity contribution in [2.24, 2.45) is 5.92 Å². The number of fused-ring (bicyclic) bond motifs is 1. The zero-order valence-corrected chi connectivity index (χ0v) is 17.2. The Balaban J connectivity index is 1.36. The largest absolute Gasteiger partial charge is 0.360 e. The van der Waals surface area contributed by atoms with Crippen LogP contribution in [0.1, 0.15) is 12.8 Å². The van der Waals surface area contributed by atoms with E-state index >= 15 is 0 Å². The summed E-state index contributed by atoms with van der Waals surface area (Å²) in [5, 5.41) is 9.44. The summed E-state index contributed by atoms with van der Waals surface area (Å²) in [7, 11) is -3.07. The Morgan fingerprint density at radius 3 is 2.59 bits per heavy atom. The maximum absolute atomic E-state index is 11.6. The number of halogens is 1. The summed E-state index contributed by atoms with van der Waals surface area (Å²) >= 11 is 7.44. The molecular formula is C17H20ClN5O2S2. The number of sulfonamides is 1. The Kier molecular flexibility index (Phi) is 5.11. The Morgan fingerprint density at radius 2 is 1.96 bits per heavy atom. The molecule has 0 radical (unpaired) electrons. The molecule has 2 aromatic heterocycles. The van der Waals surface area contributed by atoms with E-state index in [4.69, 9.17) is 11.6 Å². The van der Waals surface area contributed by atoms with Crippen molar-refractivity contribution < 1.29 is 8.42 Å². The van der Waals surface area contributed by atoms with Gasteiger partial charge < -0.3 is 5.32 Å². The maximum Gasteiger partial charge on any atom is 0.214 e. The fraction of sp³-hybridized carbons (Fsp3) is 0.412. The molecule has 0 bridgehead atoms. The van der Waals surface area contributed by atoms with Gasteiger partial charge in [-0.05, 0) is 30.9 Å². The highest BCUT2D eigenvalue weighted by Gasteiger charge is 2.24. The van der Waals surface area contributed by atoms with Gasteiger partial charge in [-0.25, -0.2) is 22.2 Å². The molecule has 0 amide bonds. The lowest BCUT2D eigenvalue weighted by Gasteiger charge is -2.30. The third kappa shape index (κ3) is 4.26. The van der Waals surface area contributed by atoms with Crippen LogP contribution < -0.4 is 5.32 Å². The van der Waals surface area contributed by atoms with E-state index in [0.717, 1.165) is 40.7 Å². The van der Waals surface area contributed by atoms with E-state index in [1.54, 1.807) is 8.82 Å². The number of rotatable bonds is 5. The first-order valence-corrected chi connectivity index (χ1v) is 11.7. The van der Waals surface area contributed by atoms with Crippen LogP contribution in [0, 0.1) is 5.92 Å². The molecule has 7 nitrogen and oxygen atoms in total. The number of aromatic nitrogens is 3. The normalized spacial score (nSPS) is 16.8. The molecule has 27 heavy (non-hydrogen) atoms. The number of nitrogens with one attached hydrogen (secondary N) is 1. The van der Waals surface area contributed by atoms with Crippen molar-refractivity contribution in [3.8, 4) is 11.3 Å². The lowest BCUT2D eigenvalue weighted by atomic mass is 9.98.